The molecular formula is C16H12N4S. The zero-order valence-corrected chi connectivity index (χ0v) is 12.2. The molecule has 0 radical (unpaired) electrons. The van der Waals surface area contributed by atoms with Gasteiger partial charge >= 0.3 is 0 Å². The average Bonchev–Trinajstić information content (AvgIpc) is 3.02. The minimum absolute atomic E-state index is 0.736. The topological polar surface area (TPSA) is 50.7 Å². The maximum absolute atomic E-state index is 4.67. The third-order valence-corrected chi connectivity index (χ3v) is 4.23. The van der Waals surface area contributed by atoms with Crippen LogP contribution in [-0.2, 0) is 0 Å². The highest BCUT2D eigenvalue weighted by atomic mass is 32.1. The van der Waals surface area contributed by atoms with Gasteiger partial charge in [0.15, 0.2) is 5.82 Å². The molecule has 0 saturated carbocycles. The highest BCUT2D eigenvalue weighted by Gasteiger charge is 2.10. The van der Waals surface area contributed by atoms with Gasteiger partial charge in [-0.1, -0.05) is 6.07 Å². The second kappa shape index (κ2) is 4.79. The molecule has 0 atom stereocenters. The Labute approximate surface area is 125 Å². The zero-order chi connectivity index (χ0) is 14.2. The number of rotatable bonds is 2. The smallest absolute Gasteiger partial charge is 0.163 e. The van der Waals surface area contributed by atoms with Crippen LogP contribution in [0.4, 0.5) is 5.82 Å². The van der Waals surface area contributed by atoms with Crippen molar-refractivity contribution in [3.63, 3.8) is 0 Å². The molecule has 0 saturated heterocycles. The fourth-order valence-electron chi connectivity index (χ4n) is 2.39. The van der Waals surface area contributed by atoms with Crippen LogP contribution in [0.15, 0.2) is 48.0 Å². The van der Waals surface area contributed by atoms with Crippen LogP contribution in [0.5, 0.6) is 0 Å². The number of fused-ring (bicyclic) bond motifs is 2. The lowest BCUT2D eigenvalue weighted by Gasteiger charge is -2.06. The first-order valence-electron chi connectivity index (χ1n) is 6.63. The van der Waals surface area contributed by atoms with Gasteiger partial charge in [0.25, 0.3) is 0 Å². The number of benzene rings is 1. The molecule has 0 amide bonds. The summed E-state index contributed by atoms with van der Waals surface area (Å²) in [7, 11) is 1.88. The van der Waals surface area contributed by atoms with Crippen LogP contribution in [0, 0.1) is 0 Å². The lowest BCUT2D eigenvalue weighted by atomic mass is 10.1. The summed E-state index contributed by atoms with van der Waals surface area (Å²) in [5.41, 5.74) is 1.98. The molecule has 0 fully saturated rings. The Morgan fingerprint density at radius 2 is 2.05 bits per heavy atom. The minimum Gasteiger partial charge on any atom is -0.372 e. The Hall–Kier alpha value is -2.53. The molecule has 3 heterocycles. The van der Waals surface area contributed by atoms with Crippen molar-refractivity contribution in [3.05, 3.63) is 48.0 Å². The zero-order valence-electron chi connectivity index (χ0n) is 11.4. The van der Waals surface area contributed by atoms with E-state index in [0.29, 0.717) is 0 Å². The van der Waals surface area contributed by atoms with Crippen molar-refractivity contribution in [2.75, 3.05) is 12.4 Å². The third-order valence-electron chi connectivity index (χ3n) is 3.42. The van der Waals surface area contributed by atoms with E-state index < -0.39 is 0 Å². The molecule has 0 spiro atoms. The van der Waals surface area contributed by atoms with Gasteiger partial charge in [-0.25, -0.2) is 9.97 Å². The van der Waals surface area contributed by atoms with Crippen molar-refractivity contribution < 1.29 is 0 Å². The average molecular weight is 292 g/mol. The van der Waals surface area contributed by atoms with Crippen molar-refractivity contribution >= 4 is 38.3 Å². The number of anilines is 1. The summed E-state index contributed by atoms with van der Waals surface area (Å²) in [5.74, 6) is 1.60. The molecule has 1 aromatic carbocycles. The number of thiophene rings is 1. The summed E-state index contributed by atoms with van der Waals surface area (Å²) in [5, 5.41) is 7.34. The second-order valence-corrected chi connectivity index (χ2v) is 5.59. The SMILES string of the molecule is CNc1nc(-c2ccc3ncccc3c2)nc2sccc12. The van der Waals surface area contributed by atoms with Crippen LogP contribution in [-0.4, -0.2) is 22.0 Å². The van der Waals surface area contributed by atoms with Crippen molar-refractivity contribution in [1.82, 2.24) is 15.0 Å². The number of hydrogen-bond donors (Lipinski definition) is 1. The van der Waals surface area contributed by atoms with Crippen LogP contribution in [0.1, 0.15) is 0 Å². The van der Waals surface area contributed by atoms with E-state index in [-0.39, 0.29) is 0 Å². The van der Waals surface area contributed by atoms with Crippen molar-refractivity contribution in [3.8, 4) is 11.4 Å². The number of aromatic nitrogens is 3. The molecule has 0 bridgehead atoms. The van der Waals surface area contributed by atoms with E-state index in [4.69, 9.17) is 0 Å². The normalized spacial score (nSPS) is 11.1. The Kier molecular flexibility index (Phi) is 2.79. The van der Waals surface area contributed by atoms with Crippen LogP contribution < -0.4 is 5.32 Å². The molecule has 4 aromatic rings. The molecule has 102 valence electrons. The fourth-order valence-corrected chi connectivity index (χ4v) is 3.15. The van der Waals surface area contributed by atoms with E-state index in [1.165, 1.54) is 0 Å². The Bertz CT molecular complexity index is 945. The van der Waals surface area contributed by atoms with Crippen LogP contribution >= 0.6 is 11.3 Å². The third kappa shape index (κ3) is 2.02. The predicted octanol–water partition coefficient (Wildman–Crippen LogP) is 3.95. The van der Waals surface area contributed by atoms with Gasteiger partial charge in [0.05, 0.1) is 10.9 Å². The van der Waals surface area contributed by atoms with E-state index >= 15 is 0 Å². The van der Waals surface area contributed by atoms with Crippen LogP contribution in [0.2, 0.25) is 0 Å². The molecule has 4 rings (SSSR count). The number of hydrogen-bond acceptors (Lipinski definition) is 5. The first-order valence-corrected chi connectivity index (χ1v) is 7.51. The van der Waals surface area contributed by atoms with E-state index in [9.17, 15) is 0 Å². The van der Waals surface area contributed by atoms with Gasteiger partial charge in [0.1, 0.15) is 10.6 Å². The van der Waals surface area contributed by atoms with E-state index in [1.807, 2.05) is 36.7 Å². The van der Waals surface area contributed by atoms with Gasteiger partial charge < -0.3 is 5.32 Å². The molecule has 0 aliphatic carbocycles. The van der Waals surface area contributed by atoms with Crippen LogP contribution in [0.3, 0.4) is 0 Å². The van der Waals surface area contributed by atoms with Crippen molar-refractivity contribution in [2.45, 2.75) is 0 Å². The highest BCUT2D eigenvalue weighted by molar-refractivity contribution is 7.16. The second-order valence-electron chi connectivity index (χ2n) is 4.70. The first-order chi connectivity index (χ1) is 10.3. The first kappa shape index (κ1) is 12.2. The number of nitrogens with one attached hydrogen (secondary N) is 1. The Morgan fingerprint density at radius 3 is 2.95 bits per heavy atom. The Balaban J connectivity index is 1.94. The summed E-state index contributed by atoms with van der Waals surface area (Å²) < 4.78 is 0. The molecule has 1 N–H and O–H groups in total. The standard InChI is InChI=1S/C16H12N4S/c1-17-15-12-6-8-21-16(12)20-14(19-15)11-4-5-13-10(9-11)3-2-7-18-13/h2-9H,1H3,(H,17,19,20). The maximum atomic E-state index is 4.67. The Morgan fingerprint density at radius 1 is 1.10 bits per heavy atom. The lowest BCUT2D eigenvalue weighted by molar-refractivity contribution is 1.22. The van der Waals surface area contributed by atoms with E-state index in [1.54, 1.807) is 17.5 Å². The minimum atomic E-state index is 0.736. The van der Waals surface area contributed by atoms with Gasteiger partial charge in [-0.05, 0) is 35.7 Å². The van der Waals surface area contributed by atoms with Gasteiger partial charge in [-0.15, -0.1) is 11.3 Å². The molecular weight excluding hydrogens is 280 g/mol. The molecule has 0 unspecified atom stereocenters. The monoisotopic (exact) mass is 292 g/mol. The van der Waals surface area contributed by atoms with Gasteiger partial charge in [0.2, 0.25) is 0 Å². The summed E-state index contributed by atoms with van der Waals surface area (Å²) >= 11 is 1.63. The van der Waals surface area contributed by atoms with Gasteiger partial charge in [0, 0.05) is 24.2 Å². The predicted molar refractivity (Wildman–Crippen MR) is 87.7 cm³/mol. The molecule has 0 aliphatic heterocycles. The van der Waals surface area contributed by atoms with Crippen molar-refractivity contribution in [2.24, 2.45) is 0 Å². The maximum Gasteiger partial charge on any atom is 0.163 e. The van der Waals surface area contributed by atoms with Gasteiger partial charge in [-0.2, -0.15) is 0 Å². The largest absolute Gasteiger partial charge is 0.372 e. The molecule has 3 aromatic heterocycles. The summed E-state index contributed by atoms with van der Waals surface area (Å²) in [4.78, 5) is 14.6. The quantitative estimate of drug-likeness (QED) is 0.608. The molecule has 21 heavy (non-hydrogen) atoms. The van der Waals surface area contributed by atoms with Crippen LogP contribution in [0.25, 0.3) is 32.5 Å². The van der Waals surface area contributed by atoms with Crippen molar-refractivity contribution in [1.29, 1.82) is 0 Å². The molecule has 0 aliphatic rings. The number of pyridine rings is 1. The highest BCUT2D eigenvalue weighted by Crippen LogP contribution is 2.29. The van der Waals surface area contributed by atoms with E-state index in [0.717, 1.165) is 38.3 Å². The lowest BCUT2D eigenvalue weighted by Crippen LogP contribution is -1.97. The molecule has 5 heteroatoms. The summed E-state index contributed by atoms with van der Waals surface area (Å²) in [6, 6.07) is 12.1. The summed E-state index contributed by atoms with van der Waals surface area (Å²) in [6.45, 7) is 0. The fraction of sp³-hybridized carbons (Fsp3) is 0.0625. The summed E-state index contributed by atoms with van der Waals surface area (Å²) in [6.07, 6.45) is 1.80. The molecule has 4 nitrogen and oxygen atoms in total. The number of nitrogens with zero attached hydrogens (tertiary/aromatic N) is 3. The van der Waals surface area contributed by atoms with Gasteiger partial charge in [-0.3, -0.25) is 4.98 Å². The van der Waals surface area contributed by atoms with E-state index in [2.05, 4.69) is 32.4 Å².